The van der Waals surface area contributed by atoms with Gasteiger partial charge in [0.25, 0.3) is 0 Å². The van der Waals surface area contributed by atoms with Crippen LogP contribution in [0.4, 0.5) is 24.8 Å². The Morgan fingerprint density at radius 2 is 1.68 bits per heavy atom. The lowest BCUT2D eigenvalue weighted by molar-refractivity contribution is 0.515. The molecule has 4 aromatic rings. The summed E-state index contributed by atoms with van der Waals surface area (Å²) in [5, 5.41) is 0.302. The number of aromatic nitrogens is 3. The summed E-state index contributed by atoms with van der Waals surface area (Å²) in [6, 6.07) is 11.2. The van der Waals surface area contributed by atoms with E-state index in [9.17, 15) is 18.0 Å². The quantitative estimate of drug-likeness (QED) is 0.578. The number of nitrogens with one attached hydrogen (secondary N) is 1. The zero-order valence-corrected chi connectivity index (χ0v) is 14.4. The molecule has 0 fully saturated rings. The Morgan fingerprint density at radius 3 is 2.43 bits per heavy atom. The first-order chi connectivity index (χ1) is 13.5. The normalized spacial score (nSPS) is 11.0. The van der Waals surface area contributed by atoms with Gasteiger partial charge in [0.15, 0.2) is 11.6 Å². The molecule has 0 atom stereocenters. The summed E-state index contributed by atoms with van der Waals surface area (Å²) >= 11 is 0. The molecule has 0 unspecified atom stereocenters. The maximum atomic E-state index is 14.5. The van der Waals surface area contributed by atoms with Crippen LogP contribution in [0, 0.1) is 17.5 Å². The molecule has 0 aliphatic carbocycles. The zero-order chi connectivity index (χ0) is 19.7. The molecule has 0 radical (unpaired) electrons. The maximum Gasteiger partial charge on any atom is 0.248 e. The first kappa shape index (κ1) is 17.7. The molecule has 2 aromatic carbocycles. The van der Waals surface area contributed by atoms with Gasteiger partial charge in [-0.15, -0.1) is 0 Å². The third kappa shape index (κ3) is 3.20. The van der Waals surface area contributed by atoms with Crippen molar-refractivity contribution in [2.75, 3.05) is 4.90 Å². The lowest BCUT2D eigenvalue weighted by Gasteiger charge is -2.23. The molecule has 5 nitrogen and oxygen atoms in total. The molecule has 0 aliphatic rings. The molecule has 8 heteroatoms. The molecule has 0 saturated carbocycles. The van der Waals surface area contributed by atoms with Crippen molar-refractivity contribution < 1.29 is 13.2 Å². The second-order valence-corrected chi connectivity index (χ2v) is 6.03. The van der Waals surface area contributed by atoms with E-state index in [1.54, 1.807) is 24.3 Å². The second kappa shape index (κ2) is 7.15. The number of aromatic amines is 1. The SMILES string of the molecule is O=c1cc(CN(c2ncccn2)c2ccccc2F)c2ccc(F)c(F)c2[nH]1. The number of nitrogens with zero attached hydrogens (tertiary/aromatic N) is 3. The number of pyridine rings is 1. The maximum absolute atomic E-state index is 14.5. The predicted molar refractivity (Wildman–Crippen MR) is 98.8 cm³/mol. The summed E-state index contributed by atoms with van der Waals surface area (Å²) < 4.78 is 42.2. The minimum atomic E-state index is -1.15. The fraction of sp³-hybridized carbons (Fsp3) is 0.0500. The van der Waals surface area contributed by atoms with Gasteiger partial charge in [0.2, 0.25) is 11.5 Å². The molecule has 2 aromatic heterocycles. The minimum Gasteiger partial charge on any atom is -0.319 e. The fourth-order valence-electron chi connectivity index (χ4n) is 3.00. The van der Waals surface area contributed by atoms with Gasteiger partial charge in [-0.2, -0.15) is 0 Å². The van der Waals surface area contributed by atoms with Crippen LogP contribution in [0.1, 0.15) is 5.56 Å². The van der Waals surface area contributed by atoms with Crippen molar-refractivity contribution >= 4 is 22.5 Å². The van der Waals surface area contributed by atoms with Gasteiger partial charge < -0.3 is 9.88 Å². The van der Waals surface area contributed by atoms with Crippen LogP contribution in [-0.4, -0.2) is 15.0 Å². The number of hydrogen-bond acceptors (Lipinski definition) is 4. The third-order valence-corrected chi connectivity index (χ3v) is 4.26. The summed E-state index contributed by atoms with van der Waals surface area (Å²) in [7, 11) is 0. The molecule has 0 saturated heterocycles. The summed E-state index contributed by atoms with van der Waals surface area (Å²) in [5.74, 6) is -2.53. The van der Waals surface area contributed by atoms with E-state index >= 15 is 0 Å². The first-order valence-electron chi connectivity index (χ1n) is 8.33. The molecule has 140 valence electrons. The lowest BCUT2D eigenvalue weighted by Crippen LogP contribution is -2.22. The molecule has 1 N–H and O–H groups in total. The molecule has 28 heavy (non-hydrogen) atoms. The molecule has 0 amide bonds. The van der Waals surface area contributed by atoms with Crippen LogP contribution in [0.15, 0.2) is 65.7 Å². The number of H-pyrrole nitrogens is 1. The van der Waals surface area contributed by atoms with Crippen LogP contribution >= 0.6 is 0 Å². The van der Waals surface area contributed by atoms with Gasteiger partial charge in [0.1, 0.15) is 5.82 Å². The molecule has 0 bridgehead atoms. The Balaban J connectivity index is 1.90. The molecule has 0 spiro atoms. The third-order valence-electron chi connectivity index (χ3n) is 4.26. The van der Waals surface area contributed by atoms with Crippen LogP contribution in [0.5, 0.6) is 0 Å². The van der Waals surface area contributed by atoms with Gasteiger partial charge in [0, 0.05) is 23.8 Å². The largest absolute Gasteiger partial charge is 0.319 e. The highest BCUT2D eigenvalue weighted by atomic mass is 19.2. The van der Waals surface area contributed by atoms with Crippen molar-refractivity contribution in [1.82, 2.24) is 15.0 Å². The van der Waals surface area contributed by atoms with Crippen LogP contribution in [0.3, 0.4) is 0 Å². The first-order valence-corrected chi connectivity index (χ1v) is 8.33. The van der Waals surface area contributed by atoms with Crippen molar-refractivity contribution in [1.29, 1.82) is 0 Å². The van der Waals surface area contributed by atoms with Crippen LogP contribution in [0.25, 0.3) is 10.9 Å². The van der Waals surface area contributed by atoms with E-state index in [1.807, 2.05) is 0 Å². The Morgan fingerprint density at radius 1 is 0.929 bits per heavy atom. The van der Waals surface area contributed by atoms with Gasteiger partial charge in [-0.25, -0.2) is 23.1 Å². The van der Waals surface area contributed by atoms with E-state index in [2.05, 4.69) is 15.0 Å². The highest BCUT2D eigenvalue weighted by Crippen LogP contribution is 2.29. The predicted octanol–water partition coefficient (Wildman–Crippen LogP) is 4.07. The molecule has 4 rings (SSSR count). The fourth-order valence-corrected chi connectivity index (χ4v) is 3.00. The second-order valence-electron chi connectivity index (χ2n) is 6.03. The van der Waals surface area contributed by atoms with Crippen LogP contribution < -0.4 is 10.5 Å². The standard InChI is InChI=1S/C20H13F3N4O/c21-14-4-1-2-5-16(14)27(20-24-8-3-9-25-20)11-12-10-17(28)26-19-13(12)6-7-15(22)18(19)23/h1-10H,11H2,(H,26,28). The smallest absolute Gasteiger partial charge is 0.248 e. The number of anilines is 2. The highest BCUT2D eigenvalue weighted by molar-refractivity contribution is 5.83. The van der Waals surface area contributed by atoms with Crippen molar-refractivity contribution in [2.24, 2.45) is 0 Å². The van der Waals surface area contributed by atoms with Crippen molar-refractivity contribution in [3.05, 3.63) is 94.3 Å². The Kier molecular flexibility index (Phi) is 4.52. The minimum absolute atomic E-state index is 0.0313. The van der Waals surface area contributed by atoms with E-state index in [-0.39, 0.29) is 23.7 Å². The van der Waals surface area contributed by atoms with E-state index in [1.165, 1.54) is 35.5 Å². The summed E-state index contributed by atoms with van der Waals surface area (Å²) in [6.07, 6.45) is 3.00. The number of para-hydroxylation sites is 1. The summed E-state index contributed by atoms with van der Waals surface area (Å²) in [5.41, 5.74) is -0.294. The molecule has 2 heterocycles. The topological polar surface area (TPSA) is 61.9 Å². The Bertz CT molecular complexity index is 1210. The Labute approximate surface area is 157 Å². The molecular formula is C20H13F3N4O. The number of hydrogen-bond donors (Lipinski definition) is 1. The zero-order valence-electron chi connectivity index (χ0n) is 14.4. The van der Waals surface area contributed by atoms with Gasteiger partial charge in [0.05, 0.1) is 17.7 Å². The monoisotopic (exact) mass is 382 g/mol. The van der Waals surface area contributed by atoms with Gasteiger partial charge >= 0.3 is 0 Å². The van der Waals surface area contributed by atoms with Gasteiger partial charge in [-0.1, -0.05) is 12.1 Å². The summed E-state index contributed by atoms with van der Waals surface area (Å²) in [4.78, 5) is 24.1. The van der Waals surface area contributed by atoms with Gasteiger partial charge in [-0.3, -0.25) is 4.79 Å². The van der Waals surface area contributed by atoms with Crippen molar-refractivity contribution in [2.45, 2.75) is 6.54 Å². The molecule has 0 aliphatic heterocycles. The van der Waals surface area contributed by atoms with E-state index in [4.69, 9.17) is 0 Å². The van der Waals surface area contributed by atoms with E-state index in [0.717, 1.165) is 6.07 Å². The number of fused-ring (bicyclic) bond motifs is 1. The van der Waals surface area contributed by atoms with Gasteiger partial charge in [-0.05, 0) is 35.9 Å². The number of halogens is 3. The number of rotatable bonds is 4. The highest BCUT2D eigenvalue weighted by Gasteiger charge is 2.19. The number of benzene rings is 2. The van der Waals surface area contributed by atoms with Crippen LogP contribution in [0.2, 0.25) is 0 Å². The Hall–Kier alpha value is -3.68. The van der Waals surface area contributed by atoms with Crippen molar-refractivity contribution in [3.63, 3.8) is 0 Å². The summed E-state index contributed by atoms with van der Waals surface area (Å²) in [6.45, 7) is -0.0313. The van der Waals surface area contributed by atoms with Crippen molar-refractivity contribution in [3.8, 4) is 0 Å². The van der Waals surface area contributed by atoms with Crippen LogP contribution in [-0.2, 0) is 6.54 Å². The lowest BCUT2D eigenvalue weighted by atomic mass is 10.1. The van der Waals surface area contributed by atoms with E-state index < -0.39 is 23.0 Å². The average Bonchev–Trinajstić information content (AvgIpc) is 2.70. The van der Waals surface area contributed by atoms with E-state index in [0.29, 0.717) is 10.9 Å². The molecular weight excluding hydrogens is 369 g/mol. The average molecular weight is 382 g/mol.